The average molecular weight is 571 g/mol. The van der Waals surface area contributed by atoms with Crippen molar-refractivity contribution < 1.29 is 24.1 Å². The number of pyridine rings is 1. The van der Waals surface area contributed by atoms with Crippen molar-refractivity contribution in [1.29, 1.82) is 0 Å². The third kappa shape index (κ3) is 6.54. The van der Waals surface area contributed by atoms with E-state index in [4.69, 9.17) is 19.9 Å². The van der Waals surface area contributed by atoms with Gasteiger partial charge >= 0.3 is 5.97 Å². The molecule has 2 aromatic carbocycles. The van der Waals surface area contributed by atoms with Gasteiger partial charge in [0.15, 0.2) is 5.82 Å². The number of nitrogens with zero attached hydrogens (tertiary/aromatic N) is 3. The van der Waals surface area contributed by atoms with Crippen molar-refractivity contribution in [2.75, 3.05) is 26.9 Å². The molecule has 3 aromatic rings. The number of nitrogens with two attached hydrogens (primary N) is 1. The Morgan fingerprint density at radius 2 is 2.05 bits per heavy atom. The number of hydrogen-bond donors (Lipinski definition) is 2. The van der Waals surface area contributed by atoms with E-state index in [1.165, 1.54) is 11.1 Å². The lowest BCUT2D eigenvalue weighted by Gasteiger charge is -2.41. The number of carbonyl (C=O) groups is 1. The summed E-state index contributed by atoms with van der Waals surface area (Å²) in [6, 6.07) is 18.5. The molecule has 0 bridgehead atoms. The summed E-state index contributed by atoms with van der Waals surface area (Å²) >= 11 is 0. The minimum atomic E-state index is -1.14. The van der Waals surface area contributed by atoms with Crippen LogP contribution >= 0.6 is 0 Å². The van der Waals surface area contributed by atoms with Crippen LogP contribution in [0.1, 0.15) is 35.6 Å². The second-order valence-electron chi connectivity index (χ2n) is 10.7. The van der Waals surface area contributed by atoms with E-state index in [2.05, 4.69) is 33.1 Å². The van der Waals surface area contributed by atoms with Gasteiger partial charge in [-0.05, 0) is 67.1 Å². The first-order valence-corrected chi connectivity index (χ1v) is 14.2. The molecular formula is C33H38N4O5. The maximum atomic E-state index is 11.4. The quantitative estimate of drug-likeness (QED) is 0.278. The maximum Gasteiger partial charge on any atom is 0.339 e. The highest BCUT2D eigenvalue weighted by Crippen LogP contribution is 2.34. The molecule has 2 aliphatic heterocycles. The van der Waals surface area contributed by atoms with Crippen LogP contribution in [0.15, 0.2) is 71.4 Å². The van der Waals surface area contributed by atoms with E-state index in [1.54, 1.807) is 20.1 Å². The SMILES string of the molecule is COC1COCCC1N1CCc2cc(COc3c(C)cccc3-c3cccc(/N=C(C)/C(=C\N)C(=O)O)n3)ccc2C1. The zero-order valence-electron chi connectivity index (χ0n) is 24.4. The summed E-state index contributed by atoms with van der Waals surface area (Å²) in [6.07, 6.45) is 3.15. The van der Waals surface area contributed by atoms with Crippen LogP contribution in [0.3, 0.4) is 0 Å². The number of para-hydroxylation sites is 1. The number of hydrogen-bond acceptors (Lipinski definition) is 8. The Morgan fingerprint density at radius 1 is 1.21 bits per heavy atom. The molecule has 0 amide bonds. The van der Waals surface area contributed by atoms with E-state index in [1.807, 2.05) is 37.3 Å². The summed E-state index contributed by atoms with van der Waals surface area (Å²) in [4.78, 5) is 23.0. The van der Waals surface area contributed by atoms with E-state index in [0.717, 1.165) is 61.2 Å². The molecule has 3 heterocycles. The molecule has 0 aliphatic carbocycles. The highest BCUT2D eigenvalue weighted by molar-refractivity contribution is 6.18. The summed E-state index contributed by atoms with van der Waals surface area (Å²) in [5.41, 5.74) is 12.1. The highest BCUT2D eigenvalue weighted by atomic mass is 16.5. The van der Waals surface area contributed by atoms with Gasteiger partial charge in [0.25, 0.3) is 0 Å². The monoisotopic (exact) mass is 570 g/mol. The Hall–Kier alpha value is -4.05. The summed E-state index contributed by atoms with van der Waals surface area (Å²) in [6.45, 7) is 7.41. The number of aliphatic imine (C=N–C) groups is 1. The van der Waals surface area contributed by atoms with Gasteiger partial charge in [-0.15, -0.1) is 0 Å². The Kier molecular flexibility index (Phi) is 9.31. The Bertz CT molecular complexity index is 1500. The smallest absolute Gasteiger partial charge is 0.339 e. The number of methoxy groups -OCH3 is 1. The molecule has 9 heteroatoms. The zero-order valence-corrected chi connectivity index (χ0v) is 24.4. The third-order valence-electron chi connectivity index (χ3n) is 8.03. The van der Waals surface area contributed by atoms with Crippen LogP contribution in [0.5, 0.6) is 5.75 Å². The number of rotatable bonds is 9. The average Bonchev–Trinajstić information content (AvgIpc) is 3.00. The first kappa shape index (κ1) is 29.4. The molecular weight excluding hydrogens is 532 g/mol. The first-order valence-electron chi connectivity index (χ1n) is 14.2. The third-order valence-corrected chi connectivity index (χ3v) is 8.03. The summed E-state index contributed by atoms with van der Waals surface area (Å²) < 4.78 is 17.8. The normalized spacial score (nSPS) is 19.8. The molecule has 2 atom stereocenters. The lowest BCUT2D eigenvalue weighted by Crippen LogP contribution is -2.51. The van der Waals surface area contributed by atoms with E-state index in [0.29, 0.717) is 30.8 Å². The van der Waals surface area contributed by atoms with Crippen LogP contribution in [0.2, 0.25) is 0 Å². The Morgan fingerprint density at radius 3 is 2.83 bits per heavy atom. The van der Waals surface area contributed by atoms with Gasteiger partial charge in [0.05, 0.1) is 29.7 Å². The fourth-order valence-corrected chi connectivity index (χ4v) is 5.76. The van der Waals surface area contributed by atoms with Crippen molar-refractivity contribution in [2.45, 2.75) is 52.0 Å². The molecule has 1 fully saturated rings. The zero-order chi connectivity index (χ0) is 29.6. The molecule has 1 saturated heterocycles. The topological polar surface area (TPSA) is 120 Å². The predicted molar refractivity (Wildman–Crippen MR) is 162 cm³/mol. The fourth-order valence-electron chi connectivity index (χ4n) is 5.76. The van der Waals surface area contributed by atoms with Gasteiger partial charge in [0.1, 0.15) is 12.4 Å². The molecule has 42 heavy (non-hydrogen) atoms. The number of ether oxygens (including phenoxy) is 3. The fraction of sp³-hybridized carbons (Fsp3) is 0.364. The van der Waals surface area contributed by atoms with Crippen LogP contribution in [0.25, 0.3) is 11.3 Å². The number of carboxylic acids is 1. The minimum Gasteiger partial charge on any atom is -0.488 e. The van der Waals surface area contributed by atoms with Crippen LogP contribution < -0.4 is 10.5 Å². The molecule has 1 aromatic heterocycles. The van der Waals surface area contributed by atoms with E-state index < -0.39 is 5.97 Å². The molecule has 220 valence electrons. The van der Waals surface area contributed by atoms with Crippen molar-refractivity contribution in [3.05, 3.63) is 88.6 Å². The Labute approximate surface area is 246 Å². The standard InChI is InChI=1S/C33H38N4O5/c1-21-6-4-7-26(28-8-5-9-31(36-28)35-22(2)27(17-34)33(38)39)32(21)42-19-23-10-11-25-18-37(14-12-24(25)16-23)29-13-15-41-20-30(29)40-3/h4-11,16-17,29-30H,12-15,18-20,34H2,1-3H3,(H,38,39)/b27-17+,35-22+. The summed E-state index contributed by atoms with van der Waals surface area (Å²) in [5, 5.41) is 9.35. The largest absolute Gasteiger partial charge is 0.488 e. The van der Waals surface area contributed by atoms with Crippen molar-refractivity contribution in [3.63, 3.8) is 0 Å². The number of benzene rings is 2. The number of carboxylic acid groups (broad SMARTS) is 1. The minimum absolute atomic E-state index is 0.0673. The van der Waals surface area contributed by atoms with E-state index in [-0.39, 0.29) is 17.4 Å². The van der Waals surface area contributed by atoms with Crippen molar-refractivity contribution in [2.24, 2.45) is 10.7 Å². The molecule has 5 rings (SSSR count). The second kappa shape index (κ2) is 13.3. The molecule has 3 N–H and O–H groups in total. The van der Waals surface area contributed by atoms with E-state index in [9.17, 15) is 9.90 Å². The number of aryl methyl sites for hydroxylation is 1. The van der Waals surface area contributed by atoms with Gasteiger partial charge in [0.2, 0.25) is 0 Å². The summed E-state index contributed by atoms with van der Waals surface area (Å²) in [5.74, 6) is 0.00662. The molecule has 9 nitrogen and oxygen atoms in total. The van der Waals surface area contributed by atoms with Crippen molar-refractivity contribution in [3.8, 4) is 17.0 Å². The van der Waals surface area contributed by atoms with Gasteiger partial charge in [-0.2, -0.15) is 0 Å². The van der Waals surface area contributed by atoms with Gasteiger partial charge in [-0.25, -0.2) is 14.8 Å². The molecule has 2 unspecified atom stereocenters. The maximum absolute atomic E-state index is 11.4. The molecule has 2 aliphatic rings. The second-order valence-corrected chi connectivity index (χ2v) is 10.7. The number of aromatic nitrogens is 1. The van der Waals surface area contributed by atoms with Crippen LogP contribution in [-0.2, 0) is 33.8 Å². The van der Waals surface area contributed by atoms with Crippen LogP contribution in [0.4, 0.5) is 5.82 Å². The van der Waals surface area contributed by atoms with Crippen molar-refractivity contribution >= 4 is 17.5 Å². The van der Waals surface area contributed by atoms with Crippen LogP contribution in [-0.4, -0.2) is 65.7 Å². The van der Waals surface area contributed by atoms with Crippen LogP contribution in [0, 0.1) is 6.92 Å². The first-order chi connectivity index (χ1) is 20.4. The van der Waals surface area contributed by atoms with Gasteiger partial charge in [-0.3, -0.25) is 4.90 Å². The Balaban J connectivity index is 1.32. The van der Waals surface area contributed by atoms with E-state index >= 15 is 0 Å². The molecule has 0 spiro atoms. The van der Waals surface area contributed by atoms with Gasteiger partial charge in [0, 0.05) is 44.6 Å². The summed E-state index contributed by atoms with van der Waals surface area (Å²) in [7, 11) is 1.77. The highest BCUT2D eigenvalue weighted by Gasteiger charge is 2.32. The number of aliphatic carboxylic acids is 1. The molecule has 0 saturated carbocycles. The van der Waals surface area contributed by atoms with Gasteiger partial charge < -0.3 is 25.1 Å². The lowest BCUT2D eigenvalue weighted by atomic mass is 9.94. The van der Waals surface area contributed by atoms with Gasteiger partial charge in [-0.1, -0.05) is 36.4 Å². The number of fused-ring (bicyclic) bond motifs is 1. The predicted octanol–water partition coefficient (Wildman–Crippen LogP) is 4.82. The molecule has 0 radical (unpaired) electrons. The van der Waals surface area contributed by atoms with Crippen molar-refractivity contribution in [1.82, 2.24) is 9.88 Å². The lowest BCUT2D eigenvalue weighted by molar-refractivity contribution is -0.132.